The molecule has 1 heterocycles. The predicted molar refractivity (Wildman–Crippen MR) is 70.8 cm³/mol. The van der Waals surface area contributed by atoms with Gasteiger partial charge in [0.25, 0.3) is 0 Å². The molecule has 1 aromatic rings. The topological polar surface area (TPSA) is 45.1 Å². The fourth-order valence-electron chi connectivity index (χ4n) is 1.73. The highest BCUT2D eigenvalue weighted by molar-refractivity contribution is 5.13. The molecule has 0 spiro atoms. The summed E-state index contributed by atoms with van der Waals surface area (Å²) in [5.74, 6) is 0. The van der Waals surface area contributed by atoms with Gasteiger partial charge < -0.3 is 10.4 Å². The van der Waals surface area contributed by atoms with E-state index in [-0.39, 0.29) is 12.0 Å². The molecule has 0 amide bonds. The molecule has 0 fully saturated rings. The predicted octanol–water partition coefficient (Wildman–Crippen LogP) is 2.53. The summed E-state index contributed by atoms with van der Waals surface area (Å²) in [5.41, 5.74) is 1.31. The van der Waals surface area contributed by atoms with Crippen LogP contribution in [-0.4, -0.2) is 23.2 Å². The molecule has 0 saturated heterocycles. The lowest BCUT2D eigenvalue weighted by Crippen LogP contribution is -2.23. The van der Waals surface area contributed by atoms with E-state index in [1.165, 1.54) is 5.56 Å². The average Bonchev–Trinajstić information content (AvgIpc) is 2.35. The second kappa shape index (κ2) is 6.72. The first-order valence-corrected chi connectivity index (χ1v) is 6.29. The fourth-order valence-corrected chi connectivity index (χ4v) is 1.73. The zero-order valence-electron chi connectivity index (χ0n) is 11.1. The molecule has 0 aliphatic carbocycles. The molecular weight excluding hydrogens is 212 g/mol. The first kappa shape index (κ1) is 14.1. The monoisotopic (exact) mass is 236 g/mol. The van der Waals surface area contributed by atoms with Crippen LogP contribution in [0.25, 0.3) is 0 Å². The number of nitrogens with one attached hydrogen (secondary N) is 1. The van der Waals surface area contributed by atoms with Crippen LogP contribution >= 0.6 is 0 Å². The van der Waals surface area contributed by atoms with Crippen LogP contribution < -0.4 is 5.32 Å². The van der Waals surface area contributed by atoms with Gasteiger partial charge >= 0.3 is 0 Å². The van der Waals surface area contributed by atoms with Crippen LogP contribution in [0.4, 0.5) is 0 Å². The van der Waals surface area contributed by atoms with E-state index in [4.69, 9.17) is 5.11 Å². The maximum Gasteiger partial charge on any atom is 0.0482 e. The van der Waals surface area contributed by atoms with E-state index >= 15 is 0 Å². The highest BCUT2D eigenvalue weighted by atomic mass is 16.3. The van der Waals surface area contributed by atoms with Crippen molar-refractivity contribution in [3.05, 3.63) is 30.1 Å². The molecule has 1 unspecified atom stereocenters. The maximum absolute atomic E-state index is 9.15. The molecule has 0 radical (unpaired) electrons. The second-order valence-corrected chi connectivity index (χ2v) is 5.38. The van der Waals surface area contributed by atoms with Gasteiger partial charge in [0.1, 0.15) is 0 Å². The lowest BCUT2D eigenvalue weighted by atomic mass is 9.89. The van der Waals surface area contributed by atoms with E-state index in [1.807, 2.05) is 24.5 Å². The molecule has 3 heteroatoms. The van der Waals surface area contributed by atoms with Crippen molar-refractivity contribution >= 4 is 0 Å². The number of hydrogen-bond donors (Lipinski definition) is 2. The molecular formula is C14H24N2O. The summed E-state index contributed by atoms with van der Waals surface area (Å²) in [6.45, 7) is 7.59. The Balaban J connectivity index is 2.24. The number of aliphatic hydroxyl groups is 1. The molecule has 0 aromatic carbocycles. The van der Waals surface area contributed by atoms with Crippen molar-refractivity contribution in [1.82, 2.24) is 10.3 Å². The zero-order chi connectivity index (χ0) is 12.7. The standard InChI is InChI=1S/C14H24N2O/c1-12(13-5-9-15-10-6-13)16-8-4-7-14(2,3)11-17/h5-6,9-10,12,16-17H,4,7-8,11H2,1-3H3. The van der Waals surface area contributed by atoms with Crippen molar-refractivity contribution in [2.24, 2.45) is 5.41 Å². The normalized spacial score (nSPS) is 13.6. The molecule has 0 aliphatic rings. The Labute approximate surface area is 104 Å². The molecule has 0 bridgehead atoms. The van der Waals surface area contributed by atoms with Crippen LogP contribution in [0.15, 0.2) is 24.5 Å². The molecule has 96 valence electrons. The fraction of sp³-hybridized carbons (Fsp3) is 0.643. The summed E-state index contributed by atoms with van der Waals surface area (Å²) in [6, 6.07) is 4.43. The number of aromatic nitrogens is 1. The Hall–Kier alpha value is -0.930. The first-order valence-electron chi connectivity index (χ1n) is 6.29. The van der Waals surface area contributed by atoms with Crippen LogP contribution in [-0.2, 0) is 0 Å². The van der Waals surface area contributed by atoms with Gasteiger partial charge in [-0.15, -0.1) is 0 Å². The molecule has 1 aromatic heterocycles. The Morgan fingerprint density at radius 3 is 2.59 bits per heavy atom. The molecule has 1 rings (SSSR count). The van der Waals surface area contributed by atoms with Gasteiger partial charge in [0.2, 0.25) is 0 Å². The zero-order valence-corrected chi connectivity index (χ0v) is 11.1. The molecule has 2 N–H and O–H groups in total. The van der Waals surface area contributed by atoms with Gasteiger partial charge in [0.15, 0.2) is 0 Å². The van der Waals surface area contributed by atoms with Gasteiger partial charge in [0.05, 0.1) is 0 Å². The summed E-state index contributed by atoms with van der Waals surface area (Å²) < 4.78 is 0. The van der Waals surface area contributed by atoms with E-state index in [2.05, 4.69) is 31.1 Å². The Morgan fingerprint density at radius 1 is 1.35 bits per heavy atom. The van der Waals surface area contributed by atoms with Crippen molar-refractivity contribution in [3.63, 3.8) is 0 Å². The molecule has 17 heavy (non-hydrogen) atoms. The minimum Gasteiger partial charge on any atom is -0.396 e. The maximum atomic E-state index is 9.15. The Bertz CT molecular complexity index is 311. The number of pyridine rings is 1. The third kappa shape index (κ3) is 5.29. The largest absolute Gasteiger partial charge is 0.396 e. The van der Waals surface area contributed by atoms with E-state index < -0.39 is 0 Å². The number of rotatable bonds is 7. The van der Waals surface area contributed by atoms with E-state index in [0.717, 1.165) is 19.4 Å². The molecule has 0 saturated carbocycles. The van der Waals surface area contributed by atoms with Crippen molar-refractivity contribution < 1.29 is 5.11 Å². The van der Waals surface area contributed by atoms with Crippen molar-refractivity contribution in [3.8, 4) is 0 Å². The van der Waals surface area contributed by atoms with Crippen molar-refractivity contribution in [2.75, 3.05) is 13.2 Å². The lowest BCUT2D eigenvalue weighted by molar-refractivity contribution is 0.147. The smallest absolute Gasteiger partial charge is 0.0482 e. The minimum absolute atomic E-state index is 0.0432. The van der Waals surface area contributed by atoms with Crippen LogP contribution in [0.1, 0.15) is 45.2 Å². The van der Waals surface area contributed by atoms with Crippen molar-refractivity contribution in [2.45, 2.75) is 39.7 Å². The van der Waals surface area contributed by atoms with E-state index in [0.29, 0.717) is 6.04 Å². The number of nitrogens with zero attached hydrogens (tertiary/aromatic N) is 1. The van der Waals surface area contributed by atoms with E-state index in [1.54, 1.807) is 0 Å². The van der Waals surface area contributed by atoms with Gasteiger partial charge in [-0.3, -0.25) is 4.98 Å². The highest BCUT2D eigenvalue weighted by Gasteiger charge is 2.15. The van der Waals surface area contributed by atoms with Crippen LogP contribution in [0.5, 0.6) is 0 Å². The third-order valence-corrected chi connectivity index (χ3v) is 3.11. The molecule has 3 nitrogen and oxygen atoms in total. The molecule has 1 atom stereocenters. The summed E-state index contributed by atoms with van der Waals surface area (Å²) in [6.07, 6.45) is 5.77. The van der Waals surface area contributed by atoms with Gasteiger partial charge in [-0.25, -0.2) is 0 Å². The number of aliphatic hydroxyl groups excluding tert-OH is 1. The van der Waals surface area contributed by atoms with Gasteiger partial charge in [-0.1, -0.05) is 13.8 Å². The summed E-state index contributed by atoms with van der Waals surface area (Å²) in [5, 5.41) is 12.6. The average molecular weight is 236 g/mol. The van der Waals surface area contributed by atoms with Crippen LogP contribution in [0, 0.1) is 5.41 Å². The van der Waals surface area contributed by atoms with Gasteiger partial charge in [0, 0.05) is 25.0 Å². The SMILES string of the molecule is CC(NCCCC(C)(C)CO)c1ccncc1. The van der Waals surface area contributed by atoms with E-state index in [9.17, 15) is 0 Å². The highest BCUT2D eigenvalue weighted by Crippen LogP contribution is 2.20. The van der Waals surface area contributed by atoms with Crippen molar-refractivity contribution in [1.29, 1.82) is 0 Å². The molecule has 0 aliphatic heterocycles. The Morgan fingerprint density at radius 2 is 2.00 bits per heavy atom. The third-order valence-electron chi connectivity index (χ3n) is 3.11. The summed E-state index contributed by atoms with van der Waals surface area (Å²) in [7, 11) is 0. The van der Waals surface area contributed by atoms with Gasteiger partial charge in [-0.2, -0.15) is 0 Å². The quantitative estimate of drug-likeness (QED) is 0.715. The minimum atomic E-state index is 0.0432. The summed E-state index contributed by atoms with van der Waals surface area (Å²) in [4.78, 5) is 4.01. The second-order valence-electron chi connectivity index (χ2n) is 5.38. The first-order chi connectivity index (χ1) is 8.05. The summed E-state index contributed by atoms with van der Waals surface area (Å²) >= 11 is 0. The Kier molecular flexibility index (Phi) is 5.59. The lowest BCUT2D eigenvalue weighted by Gasteiger charge is -2.22. The van der Waals surface area contributed by atoms with Crippen LogP contribution in [0.3, 0.4) is 0 Å². The van der Waals surface area contributed by atoms with Gasteiger partial charge in [-0.05, 0) is 49.4 Å². The van der Waals surface area contributed by atoms with Crippen LogP contribution in [0.2, 0.25) is 0 Å². The number of hydrogen-bond acceptors (Lipinski definition) is 3.